The van der Waals surface area contributed by atoms with E-state index < -0.39 is 9.84 Å². The highest BCUT2D eigenvalue weighted by Crippen LogP contribution is 2.27. The van der Waals surface area contributed by atoms with E-state index in [1.54, 1.807) is 47.7 Å². The van der Waals surface area contributed by atoms with Crippen LogP contribution in [-0.2, 0) is 21.1 Å². The summed E-state index contributed by atoms with van der Waals surface area (Å²) in [5, 5.41) is 15.8. The minimum absolute atomic E-state index is 0.0391. The van der Waals surface area contributed by atoms with Gasteiger partial charge in [0.2, 0.25) is 5.91 Å². The largest absolute Gasteiger partial charge is 0.495 e. The van der Waals surface area contributed by atoms with E-state index in [1.165, 1.54) is 19.2 Å². The number of carbonyl (C=O) groups excluding carboxylic acids is 1. The molecule has 3 aromatic rings. The second-order valence-corrected chi connectivity index (χ2v) is 12.8. The van der Waals surface area contributed by atoms with Crippen molar-refractivity contribution in [2.75, 3.05) is 26.5 Å². The molecule has 0 saturated heterocycles. The molecule has 222 valence electrons. The Labute approximate surface area is 252 Å². The van der Waals surface area contributed by atoms with Gasteiger partial charge >= 0.3 is 0 Å². The Morgan fingerprint density at radius 1 is 1.05 bits per heavy atom. The predicted octanol–water partition coefficient (Wildman–Crippen LogP) is 5.21. The number of hydrogen-bond acceptors (Lipinski definition) is 7. The van der Waals surface area contributed by atoms with Crippen LogP contribution < -0.4 is 4.74 Å². The van der Waals surface area contributed by atoms with Gasteiger partial charge in [-0.15, -0.1) is 0 Å². The number of benzene rings is 2. The van der Waals surface area contributed by atoms with Gasteiger partial charge in [0, 0.05) is 42.4 Å². The molecule has 0 aliphatic heterocycles. The summed E-state index contributed by atoms with van der Waals surface area (Å²) >= 11 is 6.38. The number of ether oxygens (including phenoxy) is 1. The maximum atomic E-state index is 13.7. The van der Waals surface area contributed by atoms with E-state index in [2.05, 4.69) is 4.98 Å². The van der Waals surface area contributed by atoms with Crippen LogP contribution in [0.3, 0.4) is 0 Å². The van der Waals surface area contributed by atoms with Crippen molar-refractivity contribution in [1.29, 1.82) is 5.41 Å². The standard InChI is InChI=1S/C31H36ClN5O4S/c1-22(24-14-16-34-17-15-24)35-37(31(33)25-10-13-29(41-2)28(32)21-25)19-18-36(26-6-4-5-7-26)30(38)20-23-8-11-27(12-9-23)42(3,39)40/h8-17,21,26,33H,4-7,18-20H2,1-3H3/b33-31?,35-22+. The summed E-state index contributed by atoms with van der Waals surface area (Å²) in [4.78, 5) is 19.9. The summed E-state index contributed by atoms with van der Waals surface area (Å²) in [6.07, 6.45) is 8.66. The van der Waals surface area contributed by atoms with Crippen LogP contribution in [0.4, 0.5) is 0 Å². The number of carbonyl (C=O) groups is 1. The maximum Gasteiger partial charge on any atom is 0.227 e. The van der Waals surface area contributed by atoms with Crippen molar-refractivity contribution >= 4 is 38.9 Å². The van der Waals surface area contributed by atoms with Gasteiger partial charge < -0.3 is 9.64 Å². The van der Waals surface area contributed by atoms with Crippen LogP contribution in [0, 0.1) is 5.41 Å². The number of hydrogen-bond donors (Lipinski definition) is 1. The molecule has 1 fully saturated rings. The van der Waals surface area contributed by atoms with Crippen LogP contribution in [-0.4, -0.2) is 73.3 Å². The Bertz CT molecular complexity index is 1540. The molecule has 11 heteroatoms. The van der Waals surface area contributed by atoms with Gasteiger partial charge in [-0.3, -0.25) is 15.2 Å². The van der Waals surface area contributed by atoms with Crippen LogP contribution in [0.25, 0.3) is 0 Å². The fourth-order valence-corrected chi connectivity index (χ4v) is 5.95. The minimum atomic E-state index is -3.32. The lowest BCUT2D eigenvalue weighted by atomic mass is 10.1. The summed E-state index contributed by atoms with van der Waals surface area (Å²) in [6.45, 7) is 2.53. The van der Waals surface area contributed by atoms with Crippen LogP contribution in [0.2, 0.25) is 5.02 Å². The summed E-state index contributed by atoms with van der Waals surface area (Å²) < 4.78 is 29.0. The molecule has 9 nitrogen and oxygen atoms in total. The lowest BCUT2D eigenvalue weighted by Gasteiger charge is -2.31. The minimum Gasteiger partial charge on any atom is -0.495 e. The first-order valence-corrected chi connectivity index (χ1v) is 16.1. The van der Waals surface area contributed by atoms with Gasteiger partial charge in [0.1, 0.15) is 11.6 Å². The Morgan fingerprint density at radius 3 is 2.31 bits per heavy atom. The van der Waals surface area contributed by atoms with Crippen LogP contribution >= 0.6 is 11.6 Å². The zero-order valence-corrected chi connectivity index (χ0v) is 25.7. The second-order valence-electron chi connectivity index (χ2n) is 10.4. The molecule has 1 N–H and O–H groups in total. The Balaban J connectivity index is 1.59. The zero-order valence-electron chi connectivity index (χ0n) is 24.1. The summed E-state index contributed by atoms with van der Waals surface area (Å²) in [5.74, 6) is 0.616. The highest BCUT2D eigenvalue weighted by Gasteiger charge is 2.28. The Morgan fingerprint density at radius 2 is 1.71 bits per heavy atom. The molecule has 1 aromatic heterocycles. The molecule has 4 rings (SSSR count). The maximum absolute atomic E-state index is 13.7. The number of amidine groups is 1. The molecule has 1 amide bonds. The molecule has 42 heavy (non-hydrogen) atoms. The summed E-state index contributed by atoms with van der Waals surface area (Å²) in [6, 6.07) is 15.4. The first kappa shape index (κ1) is 31.2. The highest BCUT2D eigenvalue weighted by molar-refractivity contribution is 7.90. The zero-order chi connectivity index (χ0) is 30.3. The van der Waals surface area contributed by atoms with E-state index in [-0.39, 0.29) is 29.1 Å². The summed E-state index contributed by atoms with van der Waals surface area (Å²) in [7, 11) is -1.78. The number of sulfone groups is 1. The number of hydrazone groups is 1. The second kappa shape index (κ2) is 13.9. The molecule has 0 bridgehead atoms. The third-order valence-corrected chi connectivity index (χ3v) is 8.82. The number of methoxy groups -OCH3 is 1. The van der Waals surface area contributed by atoms with Gasteiger partial charge in [0.05, 0.1) is 35.7 Å². The molecule has 0 atom stereocenters. The SMILES string of the molecule is COc1ccc(C(=N)N(CCN(C(=O)Cc2ccc(S(C)(=O)=O)cc2)C2CCCC2)/N=C(\C)c2ccncc2)cc1Cl. The predicted molar refractivity (Wildman–Crippen MR) is 165 cm³/mol. The molecule has 0 spiro atoms. The lowest BCUT2D eigenvalue weighted by Crippen LogP contribution is -2.44. The number of nitrogens with one attached hydrogen (secondary N) is 1. The lowest BCUT2D eigenvalue weighted by molar-refractivity contribution is -0.132. The molecule has 0 unspecified atom stereocenters. The normalized spacial score (nSPS) is 14.0. The van der Waals surface area contributed by atoms with Gasteiger partial charge in [0.15, 0.2) is 9.84 Å². The number of aromatic nitrogens is 1. The van der Waals surface area contributed by atoms with Gasteiger partial charge in [0.25, 0.3) is 0 Å². The number of amides is 1. The van der Waals surface area contributed by atoms with Crippen molar-refractivity contribution in [3.8, 4) is 5.75 Å². The molecule has 2 aromatic carbocycles. The van der Waals surface area contributed by atoms with E-state index in [9.17, 15) is 13.2 Å². The van der Waals surface area contributed by atoms with Crippen molar-refractivity contribution in [1.82, 2.24) is 14.9 Å². The van der Waals surface area contributed by atoms with Crippen LogP contribution in [0.1, 0.15) is 49.3 Å². The Kier molecular flexibility index (Phi) is 10.3. The topological polar surface area (TPSA) is 116 Å². The number of rotatable bonds is 11. The van der Waals surface area contributed by atoms with Gasteiger partial charge in [-0.1, -0.05) is 36.6 Å². The van der Waals surface area contributed by atoms with E-state index in [0.717, 1.165) is 43.1 Å². The molecule has 1 saturated carbocycles. The molecule has 1 heterocycles. The van der Waals surface area contributed by atoms with Crippen molar-refractivity contribution in [2.45, 2.75) is 50.0 Å². The highest BCUT2D eigenvalue weighted by atomic mass is 35.5. The molecule has 1 aliphatic carbocycles. The van der Waals surface area contributed by atoms with E-state index in [0.29, 0.717) is 35.1 Å². The summed E-state index contributed by atoms with van der Waals surface area (Å²) in [5.41, 5.74) is 2.89. The van der Waals surface area contributed by atoms with E-state index in [4.69, 9.17) is 26.8 Å². The first-order valence-electron chi connectivity index (χ1n) is 13.8. The molecular weight excluding hydrogens is 574 g/mol. The smallest absolute Gasteiger partial charge is 0.227 e. The van der Waals surface area contributed by atoms with Crippen molar-refractivity contribution in [2.24, 2.45) is 5.10 Å². The van der Waals surface area contributed by atoms with Gasteiger partial charge in [-0.2, -0.15) is 5.10 Å². The Hall–Kier alpha value is -3.76. The van der Waals surface area contributed by atoms with Gasteiger partial charge in [-0.25, -0.2) is 13.4 Å². The molecular formula is C31H36ClN5O4S. The quantitative estimate of drug-likeness (QED) is 0.181. The number of halogens is 1. The average molecular weight is 610 g/mol. The van der Waals surface area contributed by atoms with E-state index in [1.807, 2.05) is 24.0 Å². The monoisotopic (exact) mass is 609 g/mol. The van der Waals surface area contributed by atoms with Crippen molar-refractivity contribution in [3.05, 3.63) is 88.7 Å². The van der Waals surface area contributed by atoms with Crippen molar-refractivity contribution < 1.29 is 17.9 Å². The third-order valence-electron chi connectivity index (χ3n) is 7.40. The number of pyridine rings is 1. The fourth-order valence-electron chi connectivity index (χ4n) is 5.07. The fraction of sp³-hybridized carbons (Fsp3) is 0.355. The molecule has 1 aliphatic rings. The van der Waals surface area contributed by atoms with Crippen LogP contribution in [0.5, 0.6) is 5.75 Å². The van der Waals surface area contributed by atoms with E-state index >= 15 is 0 Å². The first-order chi connectivity index (χ1) is 20.1. The molecule has 0 radical (unpaired) electrons. The van der Waals surface area contributed by atoms with Crippen molar-refractivity contribution in [3.63, 3.8) is 0 Å². The number of nitrogens with zero attached hydrogens (tertiary/aromatic N) is 4. The van der Waals surface area contributed by atoms with Gasteiger partial charge in [-0.05, 0) is 67.8 Å². The van der Waals surface area contributed by atoms with Crippen LogP contribution in [0.15, 0.2) is 77.0 Å². The average Bonchev–Trinajstić information content (AvgIpc) is 3.51. The third kappa shape index (κ3) is 7.95.